The van der Waals surface area contributed by atoms with Crippen molar-refractivity contribution in [2.45, 2.75) is 12.3 Å². The molecule has 0 saturated carbocycles. The number of pyridine rings is 1. The van der Waals surface area contributed by atoms with Gasteiger partial charge in [0.2, 0.25) is 0 Å². The van der Waals surface area contributed by atoms with Gasteiger partial charge in [-0.3, -0.25) is 4.98 Å². The van der Waals surface area contributed by atoms with E-state index in [1.54, 1.807) is 6.20 Å². The maximum Gasteiger partial charge on any atom is 0.125 e. The first-order valence-electron chi connectivity index (χ1n) is 4.18. The van der Waals surface area contributed by atoms with Crippen molar-refractivity contribution in [3.63, 3.8) is 0 Å². The molecule has 1 aliphatic rings. The standard InChI is InChI=1S/C9H12NOP/c12-6-7-2-4-11-9-1-3-10-5-8(7)9/h1,3,5,7H,2,4,6,12H2/t7-/m1/s1. The molecule has 1 unspecified atom stereocenters. The number of rotatable bonds is 1. The van der Waals surface area contributed by atoms with Gasteiger partial charge in [-0.25, -0.2) is 0 Å². The molecule has 0 radical (unpaired) electrons. The first-order chi connectivity index (χ1) is 5.92. The van der Waals surface area contributed by atoms with Gasteiger partial charge in [-0.05, 0) is 24.6 Å². The minimum atomic E-state index is 0.618. The number of fused-ring (bicyclic) bond motifs is 1. The molecule has 0 saturated heterocycles. The van der Waals surface area contributed by atoms with Crippen molar-refractivity contribution in [3.8, 4) is 5.75 Å². The molecule has 2 heterocycles. The molecule has 2 rings (SSSR count). The predicted molar refractivity (Wildman–Crippen MR) is 51.7 cm³/mol. The van der Waals surface area contributed by atoms with Gasteiger partial charge in [-0.15, -0.1) is 9.24 Å². The second-order valence-corrected chi connectivity index (χ2v) is 3.45. The third kappa shape index (κ3) is 1.32. The van der Waals surface area contributed by atoms with Gasteiger partial charge in [-0.2, -0.15) is 0 Å². The quantitative estimate of drug-likeness (QED) is 0.616. The molecule has 0 N–H and O–H groups in total. The summed E-state index contributed by atoms with van der Waals surface area (Å²) in [6.07, 6.45) is 5.91. The fourth-order valence-electron chi connectivity index (χ4n) is 1.54. The zero-order valence-corrected chi connectivity index (χ0v) is 8.02. The highest BCUT2D eigenvalue weighted by molar-refractivity contribution is 7.16. The summed E-state index contributed by atoms with van der Waals surface area (Å²) in [4.78, 5) is 4.11. The van der Waals surface area contributed by atoms with Crippen molar-refractivity contribution in [1.29, 1.82) is 0 Å². The van der Waals surface area contributed by atoms with Crippen LogP contribution in [0.1, 0.15) is 17.9 Å². The summed E-state index contributed by atoms with van der Waals surface area (Å²) < 4.78 is 5.51. The van der Waals surface area contributed by atoms with E-state index in [1.807, 2.05) is 12.3 Å². The second-order valence-electron chi connectivity index (χ2n) is 2.98. The van der Waals surface area contributed by atoms with Crippen LogP contribution in [0.4, 0.5) is 0 Å². The van der Waals surface area contributed by atoms with Gasteiger partial charge < -0.3 is 4.74 Å². The van der Waals surface area contributed by atoms with Crippen LogP contribution in [0, 0.1) is 0 Å². The molecule has 2 atom stereocenters. The minimum Gasteiger partial charge on any atom is -0.493 e. The highest BCUT2D eigenvalue weighted by Crippen LogP contribution is 2.33. The molecule has 0 fully saturated rings. The molecule has 1 aromatic heterocycles. The zero-order chi connectivity index (χ0) is 8.39. The van der Waals surface area contributed by atoms with E-state index >= 15 is 0 Å². The Labute approximate surface area is 74.5 Å². The second kappa shape index (κ2) is 3.40. The van der Waals surface area contributed by atoms with E-state index in [-0.39, 0.29) is 0 Å². The van der Waals surface area contributed by atoms with E-state index in [0.29, 0.717) is 5.92 Å². The van der Waals surface area contributed by atoms with Crippen molar-refractivity contribution < 1.29 is 4.74 Å². The maximum atomic E-state index is 5.51. The highest BCUT2D eigenvalue weighted by atomic mass is 31.0. The minimum absolute atomic E-state index is 0.618. The van der Waals surface area contributed by atoms with Crippen molar-refractivity contribution in [1.82, 2.24) is 4.98 Å². The lowest BCUT2D eigenvalue weighted by atomic mass is 9.97. The Bertz CT molecular complexity index is 277. The number of hydrogen-bond acceptors (Lipinski definition) is 2. The van der Waals surface area contributed by atoms with E-state index in [9.17, 15) is 0 Å². The van der Waals surface area contributed by atoms with Crippen molar-refractivity contribution >= 4 is 9.24 Å². The zero-order valence-electron chi connectivity index (χ0n) is 6.86. The third-order valence-electron chi connectivity index (χ3n) is 2.26. The summed E-state index contributed by atoms with van der Waals surface area (Å²) in [5.41, 5.74) is 1.26. The van der Waals surface area contributed by atoms with Crippen molar-refractivity contribution in [3.05, 3.63) is 24.0 Å². The molecule has 0 aromatic carbocycles. The van der Waals surface area contributed by atoms with Crippen LogP contribution in [-0.2, 0) is 0 Å². The van der Waals surface area contributed by atoms with Crippen LogP contribution in [0.2, 0.25) is 0 Å². The van der Waals surface area contributed by atoms with Gasteiger partial charge in [0, 0.05) is 18.0 Å². The van der Waals surface area contributed by atoms with Gasteiger partial charge in [0.15, 0.2) is 0 Å². The Morgan fingerprint density at radius 2 is 2.58 bits per heavy atom. The third-order valence-corrected chi connectivity index (χ3v) is 2.83. The van der Waals surface area contributed by atoms with E-state index in [4.69, 9.17) is 4.74 Å². The average Bonchev–Trinajstić information content (AvgIpc) is 2.17. The van der Waals surface area contributed by atoms with Crippen LogP contribution in [0.3, 0.4) is 0 Å². The molecular weight excluding hydrogens is 169 g/mol. The van der Waals surface area contributed by atoms with Crippen LogP contribution in [0.15, 0.2) is 18.5 Å². The summed E-state index contributed by atoms with van der Waals surface area (Å²) >= 11 is 0. The smallest absolute Gasteiger partial charge is 0.125 e. The first kappa shape index (κ1) is 8.00. The Morgan fingerprint density at radius 3 is 3.42 bits per heavy atom. The summed E-state index contributed by atoms with van der Waals surface area (Å²) in [6.45, 7) is 0.843. The molecule has 2 nitrogen and oxygen atoms in total. The molecule has 12 heavy (non-hydrogen) atoms. The number of hydrogen-bond donors (Lipinski definition) is 0. The number of ether oxygens (including phenoxy) is 1. The molecule has 3 heteroatoms. The Kier molecular flexibility index (Phi) is 2.27. The van der Waals surface area contributed by atoms with Gasteiger partial charge in [0.05, 0.1) is 6.61 Å². The van der Waals surface area contributed by atoms with E-state index in [1.165, 1.54) is 5.56 Å². The van der Waals surface area contributed by atoms with Crippen LogP contribution >= 0.6 is 9.24 Å². The van der Waals surface area contributed by atoms with E-state index in [0.717, 1.165) is 24.9 Å². The van der Waals surface area contributed by atoms with Crippen LogP contribution in [0.25, 0.3) is 0 Å². The fraction of sp³-hybridized carbons (Fsp3) is 0.444. The molecule has 64 valence electrons. The summed E-state index contributed by atoms with van der Waals surface area (Å²) in [5.74, 6) is 1.64. The van der Waals surface area contributed by atoms with Crippen LogP contribution in [-0.4, -0.2) is 17.8 Å². The molecular formula is C9H12NOP. The molecule has 0 spiro atoms. The summed E-state index contributed by atoms with van der Waals surface area (Å²) in [5, 5.41) is 0. The van der Waals surface area contributed by atoms with Gasteiger partial charge >= 0.3 is 0 Å². The molecule has 1 aromatic rings. The van der Waals surface area contributed by atoms with E-state index in [2.05, 4.69) is 14.2 Å². The lowest BCUT2D eigenvalue weighted by Crippen LogP contribution is -2.15. The Hall–Kier alpha value is -0.620. The fourth-order valence-corrected chi connectivity index (χ4v) is 2.03. The molecule has 1 aliphatic heterocycles. The Balaban J connectivity index is 2.37. The van der Waals surface area contributed by atoms with E-state index < -0.39 is 0 Å². The molecule has 0 bridgehead atoms. The summed E-state index contributed by atoms with van der Waals surface area (Å²) in [6, 6.07) is 1.95. The normalized spacial score (nSPS) is 21.2. The van der Waals surface area contributed by atoms with Gasteiger partial charge in [0.1, 0.15) is 5.75 Å². The lowest BCUT2D eigenvalue weighted by Gasteiger charge is -2.23. The van der Waals surface area contributed by atoms with Crippen molar-refractivity contribution in [2.24, 2.45) is 0 Å². The maximum absolute atomic E-state index is 5.51. The van der Waals surface area contributed by atoms with Crippen LogP contribution < -0.4 is 4.74 Å². The first-order valence-corrected chi connectivity index (χ1v) is 5.00. The van der Waals surface area contributed by atoms with Crippen LogP contribution in [0.5, 0.6) is 5.75 Å². The number of aromatic nitrogens is 1. The van der Waals surface area contributed by atoms with Gasteiger partial charge in [0.25, 0.3) is 0 Å². The highest BCUT2D eigenvalue weighted by Gasteiger charge is 2.19. The summed E-state index contributed by atoms with van der Waals surface area (Å²) in [7, 11) is 2.78. The SMILES string of the molecule is PC[C@H]1CCOc2ccncc21. The van der Waals surface area contributed by atoms with Gasteiger partial charge in [-0.1, -0.05) is 0 Å². The molecule has 0 amide bonds. The number of nitrogens with zero attached hydrogens (tertiary/aromatic N) is 1. The topological polar surface area (TPSA) is 22.1 Å². The molecule has 0 aliphatic carbocycles. The monoisotopic (exact) mass is 181 g/mol. The Morgan fingerprint density at radius 1 is 1.67 bits per heavy atom. The lowest BCUT2D eigenvalue weighted by molar-refractivity contribution is 0.272. The average molecular weight is 181 g/mol. The predicted octanol–water partition coefficient (Wildman–Crippen LogP) is 1.82. The largest absolute Gasteiger partial charge is 0.493 e. The van der Waals surface area contributed by atoms with Crippen molar-refractivity contribution in [2.75, 3.05) is 12.8 Å².